The molecule has 0 bridgehead atoms. The number of hydrogen-bond acceptors (Lipinski definition) is 5. The predicted molar refractivity (Wildman–Crippen MR) is 43.0 cm³/mol. The topological polar surface area (TPSA) is 104 Å². The number of hydrogen-bond donors (Lipinski definition) is 2. The highest BCUT2D eigenvalue weighted by Gasteiger charge is 2.44. The molecule has 15 heavy (non-hydrogen) atoms. The lowest BCUT2D eigenvalue weighted by Crippen LogP contribution is -2.29. The zero-order chi connectivity index (χ0) is 11.2. The smallest absolute Gasteiger partial charge is 0.261 e. The van der Waals surface area contributed by atoms with Gasteiger partial charge in [0.15, 0.2) is 0 Å². The molecule has 1 atom stereocenters. The predicted octanol–water partition coefficient (Wildman–Crippen LogP) is -1.67. The number of nitrogens with one attached hydrogen (secondary N) is 1. The summed E-state index contributed by atoms with van der Waals surface area (Å²) in [6.45, 7) is 0. The van der Waals surface area contributed by atoms with Gasteiger partial charge >= 0.3 is 0 Å². The molecule has 4 amide bonds. The van der Waals surface area contributed by atoms with E-state index in [2.05, 4.69) is 0 Å². The van der Waals surface area contributed by atoms with Gasteiger partial charge in [-0.15, -0.1) is 0 Å². The van der Waals surface area contributed by atoms with Crippen molar-refractivity contribution in [2.45, 2.75) is 6.42 Å². The molecule has 0 aromatic heterocycles. The van der Waals surface area contributed by atoms with Gasteiger partial charge in [-0.1, -0.05) is 0 Å². The quantitative estimate of drug-likeness (QED) is 0.398. The molecular formula is C8H6N2O5. The number of carbonyl (C=O) groups is 4. The SMILES string of the molecule is O=C1C=C(C2CC(=O)N(O)C2=O)C(=O)N1. The molecule has 0 aliphatic carbocycles. The molecule has 2 aliphatic heterocycles. The first kappa shape index (κ1) is 9.53. The molecule has 2 N–H and O–H groups in total. The summed E-state index contributed by atoms with van der Waals surface area (Å²) >= 11 is 0. The standard InChI is InChI=1S/C8H6N2O5/c11-5-1-3(7(13)9-5)4-2-6(12)10(15)8(4)14/h1,4,15H,2H2,(H,9,11,13). The Hall–Kier alpha value is -2.02. The van der Waals surface area contributed by atoms with Crippen LogP contribution in [-0.4, -0.2) is 33.9 Å². The van der Waals surface area contributed by atoms with Gasteiger partial charge in [-0.3, -0.25) is 29.7 Å². The van der Waals surface area contributed by atoms with Crippen LogP contribution in [0.15, 0.2) is 11.6 Å². The number of rotatable bonds is 1. The molecule has 0 saturated carbocycles. The number of carbonyl (C=O) groups excluding carboxylic acids is 4. The van der Waals surface area contributed by atoms with E-state index in [4.69, 9.17) is 5.21 Å². The summed E-state index contributed by atoms with van der Waals surface area (Å²) in [5.74, 6) is -4.02. The van der Waals surface area contributed by atoms with E-state index in [1.165, 1.54) is 0 Å². The lowest BCUT2D eigenvalue weighted by atomic mass is 9.98. The molecule has 0 aromatic rings. The second-order valence-corrected chi connectivity index (χ2v) is 3.22. The van der Waals surface area contributed by atoms with Gasteiger partial charge in [0.1, 0.15) is 0 Å². The van der Waals surface area contributed by atoms with Crippen LogP contribution in [0.3, 0.4) is 0 Å². The molecular weight excluding hydrogens is 204 g/mol. The molecule has 1 fully saturated rings. The fourth-order valence-electron chi connectivity index (χ4n) is 1.55. The Morgan fingerprint density at radius 3 is 2.40 bits per heavy atom. The number of nitrogens with zero attached hydrogens (tertiary/aromatic N) is 1. The molecule has 2 rings (SSSR count). The van der Waals surface area contributed by atoms with Gasteiger partial charge in [0.05, 0.1) is 5.92 Å². The maximum Gasteiger partial charge on any atom is 0.261 e. The number of amides is 4. The third kappa shape index (κ3) is 1.33. The number of hydroxylamine groups is 2. The monoisotopic (exact) mass is 210 g/mol. The van der Waals surface area contributed by atoms with Gasteiger partial charge in [0, 0.05) is 18.1 Å². The second-order valence-electron chi connectivity index (χ2n) is 3.22. The molecule has 2 heterocycles. The van der Waals surface area contributed by atoms with Crippen LogP contribution < -0.4 is 5.32 Å². The van der Waals surface area contributed by atoms with Crippen molar-refractivity contribution in [3.8, 4) is 0 Å². The molecule has 2 aliphatic rings. The molecule has 7 nitrogen and oxygen atoms in total. The maximum absolute atomic E-state index is 11.3. The van der Waals surface area contributed by atoms with Crippen LogP contribution >= 0.6 is 0 Å². The Balaban J connectivity index is 2.30. The summed E-state index contributed by atoms with van der Waals surface area (Å²) in [7, 11) is 0. The fraction of sp³-hybridized carbons (Fsp3) is 0.250. The Labute approximate surface area is 83.3 Å². The molecule has 0 radical (unpaired) electrons. The zero-order valence-electron chi connectivity index (χ0n) is 7.39. The highest BCUT2D eigenvalue weighted by Crippen LogP contribution is 2.26. The third-order valence-electron chi connectivity index (χ3n) is 2.28. The normalized spacial score (nSPS) is 26.1. The van der Waals surface area contributed by atoms with Crippen molar-refractivity contribution >= 4 is 23.6 Å². The van der Waals surface area contributed by atoms with Crippen LogP contribution in [0, 0.1) is 5.92 Å². The summed E-state index contributed by atoms with van der Waals surface area (Å²) in [6.07, 6.45) is 0.680. The third-order valence-corrected chi connectivity index (χ3v) is 2.28. The lowest BCUT2D eigenvalue weighted by molar-refractivity contribution is -0.172. The number of imide groups is 2. The minimum absolute atomic E-state index is 0.0262. The van der Waals surface area contributed by atoms with Gasteiger partial charge < -0.3 is 0 Å². The summed E-state index contributed by atoms with van der Waals surface area (Å²) in [4.78, 5) is 44.2. The molecule has 0 aromatic carbocycles. The van der Waals surface area contributed by atoms with Gasteiger partial charge in [0.25, 0.3) is 23.6 Å². The van der Waals surface area contributed by atoms with Crippen LogP contribution in [0.4, 0.5) is 0 Å². The minimum atomic E-state index is -1.05. The molecule has 1 saturated heterocycles. The largest absolute Gasteiger partial charge is 0.289 e. The average molecular weight is 210 g/mol. The zero-order valence-corrected chi connectivity index (χ0v) is 7.39. The second kappa shape index (κ2) is 2.99. The molecule has 78 valence electrons. The van der Waals surface area contributed by atoms with E-state index in [0.29, 0.717) is 0 Å². The Kier molecular flexibility index (Phi) is 1.90. The summed E-state index contributed by atoms with van der Waals surface area (Å²) in [5.41, 5.74) is -0.0742. The van der Waals surface area contributed by atoms with E-state index in [0.717, 1.165) is 6.08 Å². The van der Waals surface area contributed by atoms with Crippen molar-refractivity contribution in [2.75, 3.05) is 0 Å². The van der Waals surface area contributed by atoms with Gasteiger partial charge in [-0.25, -0.2) is 0 Å². The fourth-order valence-corrected chi connectivity index (χ4v) is 1.55. The van der Waals surface area contributed by atoms with Crippen molar-refractivity contribution in [3.63, 3.8) is 0 Å². The highest BCUT2D eigenvalue weighted by atomic mass is 16.5. The maximum atomic E-state index is 11.3. The van der Waals surface area contributed by atoms with Crippen LogP contribution in [0.25, 0.3) is 0 Å². The van der Waals surface area contributed by atoms with E-state index < -0.39 is 29.5 Å². The van der Waals surface area contributed by atoms with Crippen LogP contribution in [0.5, 0.6) is 0 Å². The summed E-state index contributed by atoms with van der Waals surface area (Å²) < 4.78 is 0. The van der Waals surface area contributed by atoms with Crippen molar-refractivity contribution in [3.05, 3.63) is 11.6 Å². The van der Waals surface area contributed by atoms with Gasteiger partial charge in [-0.05, 0) is 0 Å². The van der Waals surface area contributed by atoms with Crippen LogP contribution in [0.2, 0.25) is 0 Å². The average Bonchev–Trinajstić information content (AvgIpc) is 2.61. The molecule has 0 spiro atoms. The first-order chi connectivity index (χ1) is 7.00. The summed E-state index contributed by atoms with van der Waals surface area (Å²) in [5, 5.41) is 10.9. The first-order valence-electron chi connectivity index (χ1n) is 4.13. The first-order valence-corrected chi connectivity index (χ1v) is 4.13. The van der Waals surface area contributed by atoms with E-state index in [9.17, 15) is 19.2 Å². The molecule has 7 heteroatoms. The van der Waals surface area contributed by atoms with Gasteiger partial charge in [-0.2, -0.15) is 5.06 Å². The van der Waals surface area contributed by atoms with Crippen molar-refractivity contribution in [1.82, 2.24) is 10.4 Å². The van der Waals surface area contributed by atoms with Crippen LogP contribution in [-0.2, 0) is 19.2 Å². The van der Waals surface area contributed by atoms with E-state index in [1.807, 2.05) is 5.32 Å². The minimum Gasteiger partial charge on any atom is -0.289 e. The van der Waals surface area contributed by atoms with Crippen molar-refractivity contribution < 1.29 is 24.4 Å². The van der Waals surface area contributed by atoms with Crippen LogP contribution in [0.1, 0.15) is 6.42 Å². The van der Waals surface area contributed by atoms with E-state index in [1.54, 1.807) is 0 Å². The van der Waals surface area contributed by atoms with Crippen molar-refractivity contribution in [2.24, 2.45) is 5.92 Å². The van der Waals surface area contributed by atoms with Crippen molar-refractivity contribution in [1.29, 1.82) is 0 Å². The van der Waals surface area contributed by atoms with Gasteiger partial charge in [0.2, 0.25) is 0 Å². The molecule has 1 unspecified atom stereocenters. The Bertz CT molecular complexity index is 425. The van der Waals surface area contributed by atoms with E-state index >= 15 is 0 Å². The van der Waals surface area contributed by atoms with E-state index in [-0.39, 0.29) is 17.1 Å². The summed E-state index contributed by atoms with van der Waals surface area (Å²) in [6, 6.07) is 0. The Morgan fingerprint density at radius 2 is 2.00 bits per heavy atom. The lowest BCUT2D eigenvalue weighted by Gasteiger charge is -2.06. The Morgan fingerprint density at radius 1 is 1.33 bits per heavy atom. The highest BCUT2D eigenvalue weighted by molar-refractivity contribution is 6.20.